The van der Waals surface area contributed by atoms with Gasteiger partial charge in [0.05, 0.1) is 6.20 Å². The maximum atomic E-state index is 13.1. The van der Waals surface area contributed by atoms with Crippen LogP contribution in [-0.4, -0.2) is 32.7 Å². The first-order valence-corrected chi connectivity index (χ1v) is 9.80. The molecule has 1 aromatic carbocycles. The molecule has 0 spiro atoms. The number of halogens is 1. The van der Waals surface area contributed by atoms with Crippen molar-refractivity contribution >= 4 is 29.3 Å². The minimum Gasteiger partial charge on any atom is -0.444 e. The van der Waals surface area contributed by atoms with E-state index in [0.717, 1.165) is 0 Å². The monoisotopic (exact) mass is 434 g/mol. The Morgan fingerprint density at radius 2 is 1.83 bits per heavy atom. The van der Waals surface area contributed by atoms with Crippen molar-refractivity contribution in [1.82, 2.24) is 14.9 Å². The first-order valence-electron chi connectivity index (χ1n) is 9.42. The number of hydrogen-bond acceptors (Lipinski definition) is 5. The number of rotatable bonds is 4. The topological polar surface area (TPSA) is 102 Å². The second-order valence-corrected chi connectivity index (χ2v) is 9.26. The van der Waals surface area contributed by atoms with Crippen LogP contribution in [-0.2, 0) is 16.1 Å². The van der Waals surface area contributed by atoms with Crippen LogP contribution in [0.4, 0.5) is 10.5 Å². The SMILES string of the molecule is CC(C)(C)NC(=O)Cn1c(-c2cccc(Cl)c2)ncc(NC(=O)OC(C)(C)C)c1=O. The molecule has 0 atom stereocenters. The van der Waals surface area contributed by atoms with E-state index in [1.165, 1.54) is 10.8 Å². The zero-order valence-electron chi connectivity index (χ0n) is 18.0. The molecule has 2 aromatic rings. The first kappa shape index (κ1) is 23.4. The van der Waals surface area contributed by atoms with Gasteiger partial charge >= 0.3 is 6.09 Å². The highest BCUT2D eigenvalue weighted by Gasteiger charge is 2.21. The highest BCUT2D eigenvalue weighted by Crippen LogP contribution is 2.21. The van der Waals surface area contributed by atoms with Crippen molar-refractivity contribution in [3.05, 3.63) is 45.8 Å². The number of amides is 2. The predicted molar refractivity (Wildman–Crippen MR) is 117 cm³/mol. The molecule has 0 saturated heterocycles. The number of aromatic nitrogens is 2. The molecule has 8 nitrogen and oxygen atoms in total. The van der Waals surface area contributed by atoms with Gasteiger partial charge in [-0.15, -0.1) is 0 Å². The Kier molecular flexibility index (Phi) is 6.92. The molecule has 162 valence electrons. The summed E-state index contributed by atoms with van der Waals surface area (Å²) in [5, 5.41) is 5.68. The summed E-state index contributed by atoms with van der Waals surface area (Å²) in [6.45, 7) is 10.4. The normalized spacial score (nSPS) is 11.7. The summed E-state index contributed by atoms with van der Waals surface area (Å²) < 4.78 is 6.39. The number of benzene rings is 1. The predicted octanol–water partition coefficient (Wildman–Crippen LogP) is 3.83. The van der Waals surface area contributed by atoms with Gasteiger partial charge in [-0.3, -0.25) is 19.5 Å². The summed E-state index contributed by atoms with van der Waals surface area (Å²) in [7, 11) is 0. The molecule has 0 saturated carbocycles. The van der Waals surface area contributed by atoms with Gasteiger partial charge in [0.1, 0.15) is 23.7 Å². The van der Waals surface area contributed by atoms with Crippen molar-refractivity contribution in [2.75, 3.05) is 5.32 Å². The van der Waals surface area contributed by atoms with Crippen LogP contribution in [0.3, 0.4) is 0 Å². The van der Waals surface area contributed by atoms with Crippen LogP contribution in [0.25, 0.3) is 11.4 Å². The lowest BCUT2D eigenvalue weighted by Gasteiger charge is -2.22. The lowest BCUT2D eigenvalue weighted by molar-refractivity contribution is -0.123. The van der Waals surface area contributed by atoms with E-state index in [1.807, 2.05) is 20.8 Å². The number of anilines is 1. The second kappa shape index (κ2) is 8.87. The molecule has 2 amide bonds. The molecule has 2 rings (SSSR count). The van der Waals surface area contributed by atoms with E-state index < -0.39 is 22.8 Å². The van der Waals surface area contributed by atoms with E-state index in [4.69, 9.17) is 16.3 Å². The molecular weight excluding hydrogens is 408 g/mol. The van der Waals surface area contributed by atoms with Crippen molar-refractivity contribution in [2.24, 2.45) is 0 Å². The first-order chi connectivity index (χ1) is 13.7. The van der Waals surface area contributed by atoms with Gasteiger partial charge in [0.25, 0.3) is 5.56 Å². The molecule has 0 bridgehead atoms. The van der Waals surface area contributed by atoms with Crippen LogP contribution < -0.4 is 16.2 Å². The molecule has 0 fully saturated rings. The number of carbonyl (C=O) groups excluding carboxylic acids is 2. The van der Waals surface area contributed by atoms with E-state index >= 15 is 0 Å². The van der Waals surface area contributed by atoms with Crippen LogP contribution >= 0.6 is 11.6 Å². The molecule has 1 aromatic heterocycles. The Labute approximate surface area is 180 Å². The number of carbonyl (C=O) groups is 2. The fourth-order valence-corrected chi connectivity index (χ4v) is 2.79. The zero-order valence-corrected chi connectivity index (χ0v) is 18.8. The zero-order chi connectivity index (χ0) is 22.7. The highest BCUT2D eigenvalue weighted by molar-refractivity contribution is 6.30. The molecule has 2 N–H and O–H groups in total. The van der Waals surface area contributed by atoms with Crippen LogP contribution in [0, 0.1) is 0 Å². The van der Waals surface area contributed by atoms with Gasteiger partial charge in [-0.1, -0.05) is 23.7 Å². The van der Waals surface area contributed by atoms with Gasteiger partial charge in [0, 0.05) is 16.1 Å². The van der Waals surface area contributed by atoms with E-state index in [9.17, 15) is 14.4 Å². The Morgan fingerprint density at radius 1 is 1.17 bits per heavy atom. The van der Waals surface area contributed by atoms with Crippen molar-refractivity contribution < 1.29 is 14.3 Å². The minimum atomic E-state index is -0.789. The molecule has 9 heteroatoms. The molecule has 0 unspecified atom stereocenters. The summed E-state index contributed by atoms with van der Waals surface area (Å²) in [6.07, 6.45) is 0.447. The number of ether oxygens (including phenoxy) is 1. The molecule has 0 aliphatic carbocycles. The maximum absolute atomic E-state index is 13.1. The van der Waals surface area contributed by atoms with Gasteiger partial charge in [-0.25, -0.2) is 9.78 Å². The summed E-state index contributed by atoms with van der Waals surface area (Å²) in [5.41, 5.74) is -1.33. The smallest absolute Gasteiger partial charge is 0.412 e. The van der Waals surface area contributed by atoms with Gasteiger partial charge in [-0.05, 0) is 53.7 Å². The maximum Gasteiger partial charge on any atom is 0.412 e. The van der Waals surface area contributed by atoms with Gasteiger partial charge in [-0.2, -0.15) is 0 Å². The Bertz CT molecular complexity index is 1000. The van der Waals surface area contributed by atoms with Crippen LogP contribution in [0.2, 0.25) is 5.02 Å². The third-order valence-corrected chi connectivity index (χ3v) is 3.82. The average Bonchev–Trinajstić information content (AvgIpc) is 2.55. The molecular formula is C21H27ClN4O4. The summed E-state index contributed by atoms with van der Waals surface area (Å²) in [5.74, 6) is -0.120. The summed E-state index contributed by atoms with van der Waals surface area (Å²) >= 11 is 6.07. The highest BCUT2D eigenvalue weighted by atomic mass is 35.5. The Hall–Kier alpha value is -2.87. The van der Waals surface area contributed by atoms with Crippen LogP contribution in [0.5, 0.6) is 0 Å². The molecule has 1 heterocycles. The van der Waals surface area contributed by atoms with Gasteiger partial charge in [0.2, 0.25) is 5.91 Å². The fraction of sp³-hybridized carbons (Fsp3) is 0.429. The Balaban J connectivity index is 2.48. The fourth-order valence-electron chi connectivity index (χ4n) is 2.60. The van der Waals surface area contributed by atoms with Gasteiger partial charge < -0.3 is 10.1 Å². The van der Waals surface area contributed by atoms with Crippen molar-refractivity contribution in [3.8, 4) is 11.4 Å². The van der Waals surface area contributed by atoms with Crippen molar-refractivity contribution in [3.63, 3.8) is 0 Å². The van der Waals surface area contributed by atoms with Crippen molar-refractivity contribution in [1.29, 1.82) is 0 Å². The minimum absolute atomic E-state index is 0.0985. The quantitative estimate of drug-likeness (QED) is 0.761. The number of nitrogens with one attached hydrogen (secondary N) is 2. The van der Waals surface area contributed by atoms with E-state index in [-0.39, 0.29) is 24.0 Å². The average molecular weight is 435 g/mol. The Morgan fingerprint density at radius 3 is 2.40 bits per heavy atom. The third-order valence-electron chi connectivity index (χ3n) is 3.58. The largest absolute Gasteiger partial charge is 0.444 e. The third kappa shape index (κ3) is 6.88. The standard InChI is InChI=1S/C21H27ClN4O4/c1-20(2,3)25-16(27)12-26-17(13-8-7-9-14(22)10-13)23-11-15(18(26)28)24-19(29)30-21(4,5)6/h7-11H,12H2,1-6H3,(H,24,29)(H,25,27). The van der Waals surface area contributed by atoms with Gasteiger partial charge in [0.15, 0.2) is 0 Å². The molecule has 0 aliphatic heterocycles. The summed E-state index contributed by atoms with van der Waals surface area (Å²) in [4.78, 5) is 42.0. The molecule has 0 aliphatic rings. The second-order valence-electron chi connectivity index (χ2n) is 8.82. The van der Waals surface area contributed by atoms with Crippen LogP contribution in [0.15, 0.2) is 35.3 Å². The lowest BCUT2D eigenvalue weighted by Crippen LogP contribution is -2.44. The molecule has 0 radical (unpaired) electrons. The molecule has 30 heavy (non-hydrogen) atoms. The van der Waals surface area contributed by atoms with Crippen molar-refractivity contribution in [2.45, 2.75) is 59.2 Å². The van der Waals surface area contributed by atoms with E-state index in [2.05, 4.69) is 15.6 Å². The van der Waals surface area contributed by atoms with Crippen LogP contribution in [0.1, 0.15) is 41.5 Å². The number of hydrogen-bond donors (Lipinski definition) is 2. The van der Waals surface area contributed by atoms with E-state index in [1.54, 1.807) is 45.0 Å². The number of nitrogens with zero attached hydrogens (tertiary/aromatic N) is 2. The van der Waals surface area contributed by atoms with E-state index in [0.29, 0.717) is 10.6 Å². The lowest BCUT2D eigenvalue weighted by atomic mass is 10.1. The summed E-state index contributed by atoms with van der Waals surface area (Å²) in [6, 6.07) is 6.78.